The average molecular weight is 364 g/mol. The Kier molecular flexibility index (Phi) is 7.01. The van der Waals surface area contributed by atoms with Gasteiger partial charge in [-0.25, -0.2) is 0 Å². The van der Waals surface area contributed by atoms with Crippen LogP contribution in [-0.4, -0.2) is 19.1 Å². The molecule has 27 heavy (non-hydrogen) atoms. The van der Waals surface area contributed by atoms with Crippen LogP contribution in [0.4, 0.5) is 0 Å². The molecule has 0 spiro atoms. The Bertz CT molecular complexity index is 879. The summed E-state index contributed by atoms with van der Waals surface area (Å²) in [7, 11) is 1.56. The van der Waals surface area contributed by atoms with Gasteiger partial charge in [-0.05, 0) is 55.7 Å². The second-order valence-corrected chi connectivity index (χ2v) is 6.42. The molecule has 0 bridgehead atoms. The third kappa shape index (κ3) is 5.61. The van der Waals surface area contributed by atoms with Crippen molar-refractivity contribution >= 4 is 12.0 Å². The number of hydrogen-bond acceptors (Lipinski definition) is 4. The Morgan fingerprint density at radius 3 is 2.59 bits per heavy atom. The fraction of sp³-hybridized carbons (Fsp3) is 0.273. The summed E-state index contributed by atoms with van der Waals surface area (Å²) < 4.78 is 11.3. The minimum Gasteiger partial charge on any atom is -0.493 e. The first kappa shape index (κ1) is 20.1. The van der Waals surface area contributed by atoms with E-state index in [-0.39, 0.29) is 11.6 Å². The standard InChI is InChI=1S/C22H24N2O3/c1-15(2)24-22(25)19(13-23)11-17-9-10-20(21(12-17)26-4)27-14-18-8-6-5-7-16(18)3/h5-12,15H,14H2,1-4H3,(H,24,25)/b19-11-. The fourth-order valence-electron chi connectivity index (χ4n) is 2.48. The number of hydrogen-bond donors (Lipinski definition) is 1. The number of carbonyl (C=O) groups is 1. The van der Waals surface area contributed by atoms with Gasteiger partial charge in [0.1, 0.15) is 18.2 Å². The van der Waals surface area contributed by atoms with E-state index in [0.717, 1.165) is 11.1 Å². The predicted molar refractivity (Wildman–Crippen MR) is 105 cm³/mol. The van der Waals surface area contributed by atoms with Gasteiger partial charge in [0.25, 0.3) is 5.91 Å². The van der Waals surface area contributed by atoms with Gasteiger partial charge < -0.3 is 14.8 Å². The predicted octanol–water partition coefficient (Wildman–Crippen LogP) is 4.01. The van der Waals surface area contributed by atoms with Crippen molar-refractivity contribution in [2.45, 2.75) is 33.4 Å². The Hall–Kier alpha value is -3.26. The average Bonchev–Trinajstić information content (AvgIpc) is 2.65. The Morgan fingerprint density at radius 2 is 1.96 bits per heavy atom. The molecule has 0 aliphatic carbocycles. The second kappa shape index (κ2) is 9.44. The highest BCUT2D eigenvalue weighted by atomic mass is 16.5. The van der Waals surface area contributed by atoms with E-state index in [4.69, 9.17) is 9.47 Å². The van der Waals surface area contributed by atoms with Gasteiger partial charge in [0.2, 0.25) is 0 Å². The van der Waals surface area contributed by atoms with Gasteiger partial charge in [0, 0.05) is 6.04 Å². The van der Waals surface area contributed by atoms with Crippen molar-refractivity contribution in [3.05, 3.63) is 64.7 Å². The van der Waals surface area contributed by atoms with Crippen LogP contribution in [0.1, 0.15) is 30.5 Å². The molecule has 0 aliphatic heterocycles. The highest BCUT2D eigenvalue weighted by Crippen LogP contribution is 2.30. The molecule has 1 amide bonds. The van der Waals surface area contributed by atoms with Crippen molar-refractivity contribution in [3.63, 3.8) is 0 Å². The fourth-order valence-corrected chi connectivity index (χ4v) is 2.48. The molecule has 0 aliphatic rings. The number of carbonyl (C=O) groups excluding carboxylic acids is 1. The third-order valence-electron chi connectivity index (χ3n) is 3.93. The summed E-state index contributed by atoms with van der Waals surface area (Å²) >= 11 is 0. The summed E-state index contributed by atoms with van der Waals surface area (Å²) in [6.45, 7) is 6.15. The molecule has 2 rings (SSSR count). The number of nitriles is 1. The summed E-state index contributed by atoms with van der Waals surface area (Å²) in [5.74, 6) is 0.744. The molecule has 5 nitrogen and oxygen atoms in total. The van der Waals surface area contributed by atoms with Crippen molar-refractivity contribution in [1.82, 2.24) is 5.32 Å². The van der Waals surface area contributed by atoms with Crippen molar-refractivity contribution in [3.8, 4) is 17.6 Å². The molecule has 0 saturated heterocycles. The van der Waals surface area contributed by atoms with Crippen LogP contribution in [-0.2, 0) is 11.4 Å². The number of aryl methyl sites for hydroxylation is 1. The number of benzene rings is 2. The summed E-state index contributed by atoms with van der Waals surface area (Å²) in [5.41, 5.74) is 2.98. The molecule has 0 radical (unpaired) electrons. The quantitative estimate of drug-likeness (QED) is 0.595. The van der Waals surface area contributed by atoms with Crippen molar-refractivity contribution in [1.29, 1.82) is 5.26 Å². The molecule has 2 aromatic carbocycles. The zero-order valence-corrected chi connectivity index (χ0v) is 16.1. The van der Waals surface area contributed by atoms with E-state index < -0.39 is 5.91 Å². The highest BCUT2D eigenvalue weighted by Gasteiger charge is 2.12. The first-order valence-corrected chi connectivity index (χ1v) is 8.72. The summed E-state index contributed by atoms with van der Waals surface area (Å²) in [4.78, 5) is 12.0. The molecule has 1 N–H and O–H groups in total. The van der Waals surface area contributed by atoms with Crippen LogP contribution in [0.3, 0.4) is 0 Å². The molecule has 0 unspecified atom stereocenters. The second-order valence-electron chi connectivity index (χ2n) is 6.42. The lowest BCUT2D eigenvalue weighted by molar-refractivity contribution is -0.117. The van der Waals surface area contributed by atoms with Crippen molar-refractivity contribution in [2.75, 3.05) is 7.11 Å². The SMILES string of the molecule is COc1cc(/C=C(/C#N)C(=O)NC(C)C)ccc1OCc1ccccc1C. The Morgan fingerprint density at radius 1 is 1.22 bits per heavy atom. The lowest BCUT2D eigenvalue weighted by Crippen LogP contribution is -2.30. The van der Waals surface area contributed by atoms with Crippen molar-refractivity contribution < 1.29 is 14.3 Å². The van der Waals surface area contributed by atoms with E-state index in [9.17, 15) is 10.1 Å². The van der Waals surface area contributed by atoms with Gasteiger partial charge in [0.05, 0.1) is 7.11 Å². The monoisotopic (exact) mass is 364 g/mol. The molecule has 0 saturated carbocycles. The molecule has 0 atom stereocenters. The minimum absolute atomic E-state index is 0.0407. The lowest BCUT2D eigenvalue weighted by atomic mass is 10.1. The van der Waals surface area contributed by atoms with Crippen LogP contribution in [0, 0.1) is 18.3 Å². The highest BCUT2D eigenvalue weighted by molar-refractivity contribution is 6.01. The van der Waals surface area contributed by atoms with E-state index in [0.29, 0.717) is 23.7 Å². The zero-order valence-electron chi connectivity index (χ0n) is 16.1. The van der Waals surface area contributed by atoms with Crippen LogP contribution in [0.5, 0.6) is 11.5 Å². The van der Waals surface area contributed by atoms with Gasteiger partial charge in [-0.15, -0.1) is 0 Å². The lowest BCUT2D eigenvalue weighted by Gasteiger charge is -2.13. The van der Waals surface area contributed by atoms with Crippen LogP contribution in [0.15, 0.2) is 48.0 Å². The largest absolute Gasteiger partial charge is 0.493 e. The summed E-state index contributed by atoms with van der Waals surface area (Å²) in [5, 5.41) is 12.0. The molecular weight excluding hydrogens is 340 g/mol. The smallest absolute Gasteiger partial charge is 0.262 e. The first-order chi connectivity index (χ1) is 12.9. The van der Waals surface area contributed by atoms with Crippen LogP contribution in [0.25, 0.3) is 6.08 Å². The normalized spacial score (nSPS) is 11.0. The topological polar surface area (TPSA) is 71.3 Å². The van der Waals surface area contributed by atoms with E-state index in [1.165, 1.54) is 6.08 Å². The van der Waals surface area contributed by atoms with E-state index >= 15 is 0 Å². The minimum atomic E-state index is -0.397. The van der Waals surface area contributed by atoms with Gasteiger partial charge in [-0.1, -0.05) is 30.3 Å². The first-order valence-electron chi connectivity index (χ1n) is 8.72. The molecule has 140 valence electrons. The maximum absolute atomic E-state index is 12.0. The summed E-state index contributed by atoms with van der Waals surface area (Å²) in [6, 6.07) is 15.2. The Balaban J connectivity index is 2.20. The zero-order chi connectivity index (χ0) is 19.8. The molecule has 0 aromatic heterocycles. The number of ether oxygens (including phenoxy) is 2. The number of methoxy groups -OCH3 is 1. The maximum atomic E-state index is 12.0. The number of nitrogens with one attached hydrogen (secondary N) is 1. The number of amides is 1. The van der Waals surface area contributed by atoms with Crippen molar-refractivity contribution in [2.24, 2.45) is 0 Å². The number of nitrogens with zero attached hydrogens (tertiary/aromatic N) is 1. The van der Waals surface area contributed by atoms with E-state index in [1.807, 2.05) is 51.1 Å². The van der Waals surface area contributed by atoms with Gasteiger partial charge in [-0.3, -0.25) is 4.79 Å². The number of rotatable bonds is 7. The molecule has 2 aromatic rings. The van der Waals surface area contributed by atoms with E-state index in [2.05, 4.69) is 5.32 Å². The van der Waals surface area contributed by atoms with Crippen LogP contribution >= 0.6 is 0 Å². The van der Waals surface area contributed by atoms with Crippen LogP contribution < -0.4 is 14.8 Å². The molecule has 0 fully saturated rings. The third-order valence-corrected chi connectivity index (χ3v) is 3.93. The molecule has 5 heteroatoms. The van der Waals surface area contributed by atoms with E-state index in [1.54, 1.807) is 25.3 Å². The molecule has 0 heterocycles. The molecular formula is C22H24N2O3. The Labute approximate surface area is 160 Å². The van der Waals surface area contributed by atoms with Gasteiger partial charge >= 0.3 is 0 Å². The van der Waals surface area contributed by atoms with Gasteiger partial charge in [0.15, 0.2) is 11.5 Å². The summed E-state index contributed by atoms with van der Waals surface area (Å²) in [6.07, 6.45) is 1.53. The van der Waals surface area contributed by atoms with Crippen LogP contribution in [0.2, 0.25) is 0 Å². The van der Waals surface area contributed by atoms with Gasteiger partial charge in [-0.2, -0.15) is 5.26 Å². The maximum Gasteiger partial charge on any atom is 0.262 e.